The van der Waals surface area contributed by atoms with E-state index >= 15 is 0 Å². The summed E-state index contributed by atoms with van der Waals surface area (Å²) >= 11 is 1.33. The first-order valence-corrected chi connectivity index (χ1v) is 8.54. The molecule has 4 rings (SSSR count). The number of hydrogen-bond donors (Lipinski definition) is 0. The fraction of sp³-hybridized carbons (Fsp3) is 0.294. The summed E-state index contributed by atoms with van der Waals surface area (Å²) in [4.78, 5) is 10.4. The molecule has 3 heterocycles. The van der Waals surface area contributed by atoms with E-state index in [1.165, 1.54) is 17.4 Å². The fourth-order valence-corrected chi connectivity index (χ4v) is 3.91. The average Bonchev–Trinajstić information content (AvgIpc) is 3.20. The van der Waals surface area contributed by atoms with Crippen molar-refractivity contribution in [3.63, 3.8) is 0 Å². The first-order chi connectivity index (χ1) is 11.7. The van der Waals surface area contributed by atoms with Gasteiger partial charge in [0.1, 0.15) is 17.1 Å². The van der Waals surface area contributed by atoms with Gasteiger partial charge < -0.3 is 9.64 Å². The number of nitrogens with zero attached hydrogens (tertiary/aromatic N) is 3. The van der Waals surface area contributed by atoms with Gasteiger partial charge in [0.05, 0.1) is 11.3 Å². The first kappa shape index (κ1) is 15.3. The van der Waals surface area contributed by atoms with Gasteiger partial charge in [0.15, 0.2) is 10.9 Å². The van der Waals surface area contributed by atoms with Gasteiger partial charge in [-0.2, -0.15) is 0 Å². The fourth-order valence-electron chi connectivity index (χ4n) is 2.87. The smallest absolute Gasteiger partial charge is 0.186 e. The van der Waals surface area contributed by atoms with Crippen molar-refractivity contribution in [3.8, 4) is 5.75 Å². The molecule has 1 aliphatic heterocycles. The van der Waals surface area contributed by atoms with E-state index in [4.69, 9.17) is 4.74 Å². The number of hydrogen-bond acceptors (Lipinski definition) is 5. The van der Waals surface area contributed by atoms with E-state index in [1.54, 1.807) is 12.4 Å². The molecule has 0 amide bonds. The molecule has 0 spiro atoms. The Morgan fingerprint density at radius 1 is 1.25 bits per heavy atom. The SMILES string of the molecule is Fc1cc(F)c2nc(N3CCC(COc4ccncc4)C3)sc2c1. The highest BCUT2D eigenvalue weighted by Gasteiger charge is 2.26. The number of pyridine rings is 1. The number of rotatable bonds is 4. The minimum Gasteiger partial charge on any atom is -0.493 e. The van der Waals surface area contributed by atoms with E-state index < -0.39 is 11.6 Å². The molecule has 7 heteroatoms. The van der Waals surface area contributed by atoms with Gasteiger partial charge in [-0.15, -0.1) is 0 Å². The predicted octanol–water partition coefficient (Wildman–Crippen LogP) is 3.87. The average molecular weight is 347 g/mol. The highest BCUT2D eigenvalue weighted by molar-refractivity contribution is 7.22. The second kappa shape index (κ2) is 6.32. The summed E-state index contributed by atoms with van der Waals surface area (Å²) in [5.41, 5.74) is 0.243. The second-order valence-corrected chi connectivity index (χ2v) is 6.83. The van der Waals surface area contributed by atoms with Gasteiger partial charge in [-0.3, -0.25) is 4.98 Å². The van der Waals surface area contributed by atoms with Crippen LogP contribution in [0.25, 0.3) is 10.2 Å². The Morgan fingerprint density at radius 2 is 2.08 bits per heavy atom. The standard InChI is InChI=1S/C17H15F2N3OS/c18-12-7-14(19)16-15(8-12)24-17(21-16)22-6-3-11(9-22)10-23-13-1-4-20-5-2-13/h1-2,4-5,7-8,11H,3,6,9-10H2. The molecule has 24 heavy (non-hydrogen) atoms. The van der Waals surface area contributed by atoms with Crippen molar-refractivity contribution in [2.24, 2.45) is 5.92 Å². The molecule has 0 saturated carbocycles. The molecule has 0 aliphatic carbocycles. The van der Waals surface area contributed by atoms with Gasteiger partial charge in [0, 0.05) is 37.5 Å². The minimum atomic E-state index is -0.607. The lowest BCUT2D eigenvalue weighted by atomic mass is 10.1. The summed E-state index contributed by atoms with van der Waals surface area (Å²) in [6, 6.07) is 5.87. The summed E-state index contributed by atoms with van der Waals surface area (Å²) < 4.78 is 33.4. The topological polar surface area (TPSA) is 38.2 Å². The number of thiazole rings is 1. The van der Waals surface area contributed by atoms with Crippen LogP contribution in [0.2, 0.25) is 0 Å². The van der Waals surface area contributed by atoms with Crippen LogP contribution in [0.15, 0.2) is 36.7 Å². The molecule has 0 N–H and O–H groups in total. The van der Waals surface area contributed by atoms with Crippen molar-refractivity contribution in [1.29, 1.82) is 0 Å². The predicted molar refractivity (Wildman–Crippen MR) is 89.6 cm³/mol. The molecule has 0 bridgehead atoms. The summed E-state index contributed by atoms with van der Waals surface area (Å²) in [7, 11) is 0. The van der Waals surface area contributed by atoms with Crippen molar-refractivity contribution >= 4 is 26.7 Å². The molecule has 1 fully saturated rings. The van der Waals surface area contributed by atoms with E-state index in [-0.39, 0.29) is 5.52 Å². The monoisotopic (exact) mass is 347 g/mol. The number of halogens is 2. The van der Waals surface area contributed by atoms with Crippen LogP contribution in [0.5, 0.6) is 5.75 Å². The van der Waals surface area contributed by atoms with Gasteiger partial charge in [-0.25, -0.2) is 13.8 Å². The Hall–Kier alpha value is -2.28. The van der Waals surface area contributed by atoms with Crippen LogP contribution in [0.4, 0.5) is 13.9 Å². The van der Waals surface area contributed by atoms with Crippen LogP contribution in [-0.4, -0.2) is 29.7 Å². The lowest BCUT2D eigenvalue weighted by Gasteiger charge is -2.15. The maximum atomic E-state index is 13.8. The number of aromatic nitrogens is 2. The van der Waals surface area contributed by atoms with Crippen molar-refractivity contribution in [2.75, 3.05) is 24.6 Å². The molecule has 3 aromatic rings. The van der Waals surface area contributed by atoms with E-state index in [9.17, 15) is 8.78 Å². The van der Waals surface area contributed by atoms with Gasteiger partial charge in [0.2, 0.25) is 0 Å². The normalized spacial score (nSPS) is 17.6. The molecule has 1 saturated heterocycles. The van der Waals surface area contributed by atoms with Gasteiger partial charge >= 0.3 is 0 Å². The molecule has 1 unspecified atom stereocenters. The summed E-state index contributed by atoms with van der Waals surface area (Å²) in [6.07, 6.45) is 4.38. The largest absolute Gasteiger partial charge is 0.493 e. The summed E-state index contributed by atoms with van der Waals surface area (Å²) in [5, 5.41) is 0.737. The number of benzene rings is 1. The molecule has 1 aliphatic rings. The Balaban J connectivity index is 1.44. The lowest BCUT2D eigenvalue weighted by Crippen LogP contribution is -2.21. The van der Waals surface area contributed by atoms with Crippen LogP contribution in [0.1, 0.15) is 6.42 Å². The zero-order valence-electron chi connectivity index (χ0n) is 12.8. The third kappa shape index (κ3) is 3.03. The molecule has 2 aromatic heterocycles. The third-order valence-electron chi connectivity index (χ3n) is 4.09. The van der Waals surface area contributed by atoms with E-state index in [1.807, 2.05) is 12.1 Å². The molecular formula is C17H15F2N3OS. The van der Waals surface area contributed by atoms with Crippen molar-refractivity contribution in [3.05, 3.63) is 48.3 Å². The van der Waals surface area contributed by atoms with Crippen LogP contribution < -0.4 is 9.64 Å². The number of fused-ring (bicyclic) bond motifs is 1. The van der Waals surface area contributed by atoms with Gasteiger partial charge in [-0.05, 0) is 24.6 Å². The Bertz CT molecular complexity index is 856. The van der Waals surface area contributed by atoms with Gasteiger partial charge in [-0.1, -0.05) is 11.3 Å². The van der Waals surface area contributed by atoms with Crippen LogP contribution >= 0.6 is 11.3 Å². The van der Waals surface area contributed by atoms with Crippen molar-refractivity contribution in [2.45, 2.75) is 6.42 Å². The van der Waals surface area contributed by atoms with Gasteiger partial charge in [0.25, 0.3) is 0 Å². The van der Waals surface area contributed by atoms with Crippen molar-refractivity contribution in [1.82, 2.24) is 9.97 Å². The van der Waals surface area contributed by atoms with Crippen LogP contribution in [0.3, 0.4) is 0 Å². The van der Waals surface area contributed by atoms with E-state index in [2.05, 4.69) is 14.9 Å². The first-order valence-electron chi connectivity index (χ1n) is 7.72. The quantitative estimate of drug-likeness (QED) is 0.718. The maximum absolute atomic E-state index is 13.8. The van der Waals surface area contributed by atoms with E-state index in [0.717, 1.165) is 36.5 Å². The zero-order valence-corrected chi connectivity index (χ0v) is 13.6. The van der Waals surface area contributed by atoms with Crippen LogP contribution in [-0.2, 0) is 0 Å². The Labute approximate surface area is 141 Å². The summed E-state index contributed by atoms with van der Waals surface area (Å²) in [5.74, 6) is 0.0114. The molecular weight excluding hydrogens is 332 g/mol. The molecule has 1 atom stereocenters. The summed E-state index contributed by atoms with van der Waals surface area (Å²) in [6.45, 7) is 2.26. The lowest BCUT2D eigenvalue weighted by molar-refractivity contribution is 0.261. The minimum absolute atomic E-state index is 0.243. The van der Waals surface area contributed by atoms with E-state index in [0.29, 0.717) is 17.2 Å². The molecule has 124 valence electrons. The third-order valence-corrected chi connectivity index (χ3v) is 5.16. The highest BCUT2D eigenvalue weighted by Crippen LogP contribution is 2.33. The van der Waals surface area contributed by atoms with Crippen LogP contribution in [0, 0.1) is 17.6 Å². The Kier molecular flexibility index (Phi) is 4.02. The molecule has 4 nitrogen and oxygen atoms in total. The van der Waals surface area contributed by atoms with Crippen molar-refractivity contribution < 1.29 is 13.5 Å². The molecule has 0 radical (unpaired) electrons. The number of anilines is 1. The maximum Gasteiger partial charge on any atom is 0.186 e. The zero-order chi connectivity index (χ0) is 16.5. The number of ether oxygens (including phenoxy) is 1. The Morgan fingerprint density at radius 3 is 2.92 bits per heavy atom. The highest BCUT2D eigenvalue weighted by atomic mass is 32.1. The molecule has 1 aromatic carbocycles. The second-order valence-electron chi connectivity index (χ2n) is 5.83.